The summed E-state index contributed by atoms with van der Waals surface area (Å²) in [7, 11) is 1.43. The topological polar surface area (TPSA) is 129 Å². The molecular formula is C16H17N3O4. The Hall–Kier alpha value is -3.22. The summed E-state index contributed by atoms with van der Waals surface area (Å²) < 4.78 is 5.04. The van der Waals surface area contributed by atoms with Crippen LogP contribution in [0.2, 0.25) is 0 Å². The highest BCUT2D eigenvalue weighted by molar-refractivity contribution is 5.95. The van der Waals surface area contributed by atoms with Gasteiger partial charge in [0.1, 0.15) is 17.3 Å². The third-order valence-corrected chi connectivity index (χ3v) is 3.24. The summed E-state index contributed by atoms with van der Waals surface area (Å²) in [5.74, 6) is -0.892. The zero-order chi connectivity index (χ0) is 17.0. The number of rotatable bonds is 6. The average molecular weight is 315 g/mol. The molecule has 0 aliphatic heterocycles. The number of ether oxygens (including phenoxy) is 1. The summed E-state index contributed by atoms with van der Waals surface area (Å²) >= 11 is 0. The van der Waals surface area contributed by atoms with Crippen molar-refractivity contribution in [2.75, 3.05) is 12.4 Å². The van der Waals surface area contributed by atoms with Crippen molar-refractivity contribution in [3.63, 3.8) is 0 Å². The van der Waals surface area contributed by atoms with Crippen LogP contribution in [0.5, 0.6) is 11.5 Å². The van der Waals surface area contributed by atoms with E-state index in [-0.39, 0.29) is 11.6 Å². The first kappa shape index (κ1) is 16.2. The number of benzene rings is 2. The number of nitrogens with one attached hydrogen (secondary N) is 2. The first-order valence-electron chi connectivity index (χ1n) is 6.72. The average Bonchev–Trinajstić information content (AvgIpc) is 2.52. The van der Waals surface area contributed by atoms with Crippen LogP contribution >= 0.6 is 0 Å². The maximum atomic E-state index is 11.6. The number of methoxy groups -OCH3 is 1. The molecule has 0 aliphatic rings. The van der Waals surface area contributed by atoms with Crippen LogP contribution in [0.4, 0.5) is 5.69 Å². The van der Waals surface area contributed by atoms with Gasteiger partial charge in [0.15, 0.2) is 6.04 Å². The number of aromatic hydroxyl groups is 1. The Balaban J connectivity index is 2.30. The van der Waals surface area contributed by atoms with Crippen LogP contribution in [-0.4, -0.2) is 29.1 Å². The fourth-order valence-corrected chi connectivity index (χ4v) is 2.09. The van der Waals surface area contributed by atoms with Gasteiger partial charge in [-0.25, -0.2) is 4.79 Å². The molecule has 0 heterocycles. The minimum absolute atomic E-state index is 0.0657. The van der Waals surface area contributed by atoms with Gasteiger partial charge in [0.25, 0.3) is 0 Å². The third-order valence-electron chi connectivity index (χ3n) is 3.24. The number of carboxylic acids is 1. The highest BCUT2D eigenvalue weighted by Crippen LogP contribution is 2.28. The van der Waals surface area contributed by atoms with E-state index in [4.69, 9.17) is 15.9 Å². The van der Waals surface area contributed by atoms with Crippen molar-refractivity contribution in [1.29, 1.82) is 5.41 Å². The van der Waals surface area contributed by atoms with E-state index in [2.05, 4.69) is 5.32 Å². The van der Waals surface area contributed by atoms with Crippen LogP contribution in [0, 0.1) is 5.41 Å². The molecule has 0 saturated carbocycles. The van der Waals surface area contributed by atoms with Crippen molar-refractivity contribution < 1.29 is 19.7 Å². The van der Waals surface area contributed by atoms with Crippen molar-refractivity contribution in [2.24, 2.45) is 5.73 Å². The van der Waals surface area contributed by atoms with E-state index in [1.807, 2.05) is 0 Å². The molecule has 6 N–H and O–H groups in total. The molecule has 0 aromatic heterocycles. The van der Waals surface area contributed by atoms with Gasteiger partial charge in [0.05, 0.1) is 7.11 Å². The van der Waals surface area contributed by atoms with Crippen LogP contribution in [0.15, 0.2) is 42.5 Å². The van der Waals surface area contributed by atoms with Crippen molar-refractivity contribution >= 4 is 17.5 Å². The first-order valence-corrected chi connectivity index (χ1v) is 6.72. The lowest BCUT2D eigenvalue weighted by Gasteiger charge is -2.17. The summed E-state index contributed by atoms with van der Waals surface area (Å²) in [6.07, 6.45) is 0. The summed E-state index contributed by atoms with van der Waals surface area (Å²) in [4.78, 5) is 11.6. The minimum atomic E-state index is -1.10. The Kier molecular flexibility index (Phi) is 4.70. The number of phenols is 1. The number of nitrogen functional groups attached to an aromatic ring is 1. The Labute approximate surface area is 132 Å². The maximum Gasteiger partial charge on any atom is 0.330 e. The number of phenolic OH excluding ortho intramolecular Hbond substituents is 1. The Morgan fingerprint density at radius 3 is 2.43 bits per heavy atom. The van der Waals surface area contributed by atoms with E-state index in [0.29, 0.717) is 22.6 Å². The lowest BCUT2D eigenvalue weighted by Crippen LogP contribution is -2.20. The minimum Gasteiger partial charge on any atom is -0.508 e. The Morgan fingerprint density at radius 1 is 1.26 bits per heavy atom. The smallest absolute Gasteiger partial charge is 0.330 e. The van der Waals surface area contributed by atoms with Crippen molar-refractivity contribution in [3.8, 4) is 11.5 Å². The van der Waals surface area contributed by atoms with Gasteiger partial charge in [-0.2, -0.15) is 0 Å². The molecule has 23 heavy (non-hydrogen) atoms. The summed E-state index contributed by atoms with van der Waals surface area (Å²) in [6.45, 7) is 0. The number of nitrogens with two attached hydrogens (primary N) is 1. The zero-order valence-corrected chi connectivity index (χ0v) is 12.4. The lowest BCUT2D eigenvalue weighted by atomic mass is 10.1. The van der Waals surface area contributed by atoms with E-state index in [9.17, 15) is 15.0 Å². The fourth-order valence-electron chi connectivity index (χ4n) is 2.09. The van der Waals surface area contributed by atoms with Crippen LogP contribution in [0.1, 0.15) is 17.2 Å². The molecule has 0 spiro atoms. The van der Waals surface area contributed by atoms with Crippen LogP contribution < -0.4 is 15.8 Å². The number of amidine groups is 1. The number of carboxylic acid groups (broad SMARTS) is 1. The summed E-state index contributed by atoms with van der Waals surface area (Å²) in [5.41, 5.74) is 6.82. The molecular weight excluding hydrogens is 298 g/mol. The van der Waals surface area contributed by atoms with E-state index >= 15 is 0 Å². The molecule has 0 radical (unpaired) electrons. The molecule has 1 unspecified atom stereocenters. The zero-order valence-electron chi connectivity index (χ0n) is 12.4. The van der Waals surface area contributed by atoms with Crippen LogP contribution in [-0.2, 0) is 4.79 Å². The Morgan fingerprint density at radius 2 is 1.91 bits per heavy atom. The number of aliphatic carboxylic acids is 1. The molecule has 2 aromatic rings. The van der Waals surface area contributed by atoms with Gasteiger partial charge in [0, 0.05) is 17.3 Å². The lowest BCUT2D eigenvalue weighted by molar-refractivity contribution is -0.138. The van der Waals surface area contributed by atoms with Crippen LogP contribution in [0.3, 0.4) is 0 Å². The normalized spacial score (nSPS) is 11.5. The van der Waals surface area contributed by atoms with Gasteiger partial charge in [-0.3, -0.25) is 5.41 Å². The monoisotopic (exact) mass is 315 g/mol. The number of carbonyl (C=O) groups is 1. The molecule has 2 aromatic carbocycles. The van der Waals surface area contributed by atoms with Gasteiger partial charge in [-0.15, -0.1) is 0 Å². The molecule has 0 amide bonds. The SMILES string of the molecule is COc1cc(O)cc(C(Nc2ccc(C(=N)N)cc2)C(=O)O)c1. The molecule has 1 atom stereocenters. The maximum absolute atomic E-state index is 11.6. The second kappa shape index (κ2) is 6.69. The van der Waals surface area contributed by atoms with Crippen molar-refractivity contribution in [2.45, 2.75) is 6.04 Å². The van der Waals surface area contributed by atoms with E-state index < -0.39 is 12.0 Å². The van der Waals surface area contributed by atoms with Gasteiger partial charge in [-0.05, 0) is 42.0 Å². The third kappa shape index (κ3) is 3.91. The summed E-state index contributed by atoms with van der Waals surface area (Å²) in [6, 6.07) is 9.72. The second-order valence-electron chi connectivity index (χ2n) is 4.87. The number of hydrogen-bond donors (Lipinski definition) is 5. The highest BCUT2D eigenvalue weighted by atomic mass is 16.5. The fraction of sp³-hybridized carbons (Fsp3) is 0.125. The largest absolute Gasteiger partial charge is 0.508 e. The number of anilines is 1. The predicted molar refractivity (Wildman–Crippen MR) is 86.1 cm³/mol. The molecule has 0 fully saturated rings. The molecule has 7 heteroatoms. The van der Waals surface area contributed by atoms with E-state index in [0.717, 1.165) is 0 Å². The molecule has 0 saturated heterocycles. The van der Waals surface area contributed by atoms with Gasteiger partial charge < -0.3 is 26.0 Å². The molecule has 0 bridgehead atoms. The van der Waals surface area contributed by atoms with Crippen LogP contribution in [0.25, 0.3) is 0 Å². The van der Waals surface area contributed by atoms with E-state index in [1.165, 1.54) is 25.3 Å². The standard InChI is InChI=1S/C16H17N3O4/c1-23-13-7-10(6-12(20)8-13)14(16(21)22)19-11-4-2-9(3-5-11)15(17)18/h2-8,14,19-20H,1H3,(H3,17,18)(H,21,22). The van der Waals surface area contributed by atoms with Gasteiger partial charge >= 0.3 is 5.97 Å². The molecule has 7 nitrogen and oxygen atoms in total. The number of hydrogen-bond acceptors (Lipinski definition) is 5. The summed E-state index contributed by atoms with van der Waals surface area (Å²) in [5, 5.41) is 29.3. The van der Waals surface area contributed by atoms with Crippen molar-refractivity contribution in [3.05, 3.63) is 53.6 Å². The van der Waals surface area contributed by atoms with E-state index in [1.54, 1.807) is 24.3 Å². The molecule has 120 valence electrons. The Bertz CT molecular complexity index is 729. The van der Waals surface area contributed by atoms with Gasteiger partial charge in [0.2, 0.25) is 0 Å². The van der Waals surface area contributed by atoms with Gasteiger partial charge in [-0.1, -0.05) is 0 Å². The second-order valence-corrected chi connectivity index (χ2v) is 4.87. The van der Waals surface area contributed by atoms with Crippen molar-refractivity contribution in [1.82, 2.24) is 0 Å². The predicted octanol–water partition coefficient (Wildman–Crippen LogP) is 1.92. The highest BCUT2D eigenvalue weighted by Gasteiger charge is 2.21. The quantitative estimate of drug-likeness (QED) is 0.409. The molecule has 0 aliphatic carbocycles. The molecule has 2 rings (SSSR count). The first-order chi connectivity index (χ1) is 10.9.